The van der Waals surface area contributed by atoms with Gasteiger partial charge in [-0.1, -0.05) is 0 Å². The summed E-state index contributed by atoms with van der Waals surface area (Å²) in [5.74, 6) is -2.83. The number of ether oxygens (including phenoxy) is 1. The van der Waals surface area contributed by atoms with Gasteiger partial charge in [0.05, 0.1) is 42.8 Å². The minimum absolute atomic E-state index is 0.380. The average Bonchev–Trinajstić information content (AvgIpc) is 3.25. The highest BCUT2D eigenvalue weighted by Gasteiger charge is 2.20. The van der Waals surface area contributed by atoms with Crippen molar-refractivity contribution < 1.29 is 17.9 Å². The van der Waals surface area contributed by atoms with E-state index in [-0.39, 0.29) is 0 Å². The van der Waals surface area contributed by atoms with E-state index in [4.69, 9.17) is 9.72 Å². The fourth-order valence-electron chi connectivity index (χ4n) is 3.76. The van der Waals surface area contributed by atoms with E-state index in [2.05, 4.69) is 15.4 Å². The molecular weight excluding hydrogens is 457 g/mol. The largest absolute Gasteiger partial charge is 0.497 e. The Morgan fingerprint density at radius 1 is 1.09 bits per heavy atom. The standard InChI is InChI=1S/C25H27F3N6O/c1-25(27,28)16-29-7-4-8-34(20-9-18(26)10-21(11-20)35-3)19-5-6-22-23(12-19)32-24(14-30-22)17-13-31-33(2)15-17/h5-6,9-15,29H,4,7-8,16H2,1-3H3. The van der Waals surface area contributed by atoms with Crippen LogP contribution >= 0.6 is 0 Å². The molecule has 35 heavy (non-hydrogen) atoms. The van der Waals surface area contributed by atoms with Crippen molar-refractivity contribution in [1.29, 1.82) is 0 Å². The first-order valence-electron chi connectivity index (χ1n) is 11.2. The number of rotatable bonds is 10. The number of hydrogen-bond donors (Lipinski definition) is 1. The van der Waals surface area contributed by atoms with Crippen LogP contribution in [0.3, 0.4) is 0 Å². The summed E-state index contributed by atoms with van der Waals surface area (Å²) in [6.45, 7) is 1.31. The molecule has 0 spiro atoms. The van der Waals surface area contributed by atoms with Crippen molar-refractivity contribution in [2.24, 2.45) is 7.05 Å². The number of nitrogens with zero attached hydrogens (tertiary/aromatic N) is 5. The van der Waals surface area contributed by atoms with Crippen molar-refractivity contribution >= 4 is 22.4 Å². The van der Waals surface area contributed by atoms with Crippen LogP contribution in [0.25, 0.3) is 22.3 Å². The van der Waals surface area contributed by atoms with Gasteiger partial charge in [0.1, 0.15) is 11.6 Å². The van der Waals surface area contributed by atoms with Crippen LogP contribution in [-0.4, -0.2) is 52.4 Å². The third-order valence-corrected chi connectivity index (χ3v) is 5.41. The summed E-state index contributed by atoms with van der Waals surface area (Å²) in [4.78, 5) is 11.2. The van der Waals surface area contributed by atoms with Crippen LogP contribution in [0, 0.1) is 5.82 Å². The molecule has 2 aromatic carbocycles. The van der Waals surface area contributed by atoms with Gasteiger partial charge in [-0.3, -0.25) is 9.67 Å². The molecule has 0 aliphatic carbocycles. The van der Waals surface area contributed by atoms with Crippen LogP contribution in [0.5, 0.6) is 5.75 Å². The minimum atomic E-state index is -2.78. The number of methoxy groups -OCH3 is 1. The summed E-state index contributed by atoms with van der Waals surface area (Å²) < 4.78 is 47.5. The lowest BCUT2D eigenvalue weighted by Crippen LogP contribution is -2.32. The number of fused-ring (bicyclic) bond motifs is 1. The molecule has 2 heterocycles. The van der Waals surface area contributed by atoms with Gasteiger partial charge in [-0.25, -0.2) is 18.2 Å². The van der Waals surface area contributed by atoms with Crippen molar-refractivity contribution in [3.8, 4) is 17.0 Å². The molecule has 0 unspecified atom stereocenters. The summed E-state index contributed by atoms with van der Waals surface area (Å²) in [5.41, 5.74) is 4.26. The monoisotopic (exact) mass is 484 g/mol. The Kier molecular flexibility index (Phi) is 7.20. The van der Waals surface area contributed by atoms with Crippen molar-refractivity contribution in [1.82, 2.24) is 25.1 Å². The zero-order valence-corrected chi connectivity index (χ0v) is 19.8. The predicted octanol–water partition coefficient (Wildman–Crippen LogP) is 4.95. The third-order valence-electron chi connectivity index (χ3n) is 5.41. The van der Waals surface area contributed by atoms with Gasteiger partial charge in [0.2, 0.25) is 0 Å². The van der Waals surface area contributed by atoms with Crippen LogP contribution < -0.4 is 15.0 Å². The molecule has 184 valence electrons. The number of benzene rings is 2. The summed E-state index contributed by atoms with van der Waals surface area (Å²) in [5, 5.41) is 6.96. The Morgan fingerprint density at radius 3 is 2.63 bits per heavy atom. The normalized spacial score (nSPS) is 11.7. The van der Waals surface area contributed by atoms with Crippen LogP contribution in [0.4, 0.5) is 24.5 Å². The van der Waals surface area contributed by atoms with Crippen LogP contribution in [-0.2, 0) is 7.05 Å². The summed E-state index contributed by atoms with van der Waals surface area (Å²) in [6.07, 6.45) is 5.83. The van der Waals surface area contributed by atoms with E-state index >= 15 is 0 Å². The lowest BCUT2D eigenvalue weighted by Gasteiger charge is -2.26. The van der Waals surface area contributed by atoms with Crippen molar-refractivity contribution in [2.45, 2.75) is 19.3 Å². The second kappa shape index (κ2) is 10.3. The fourth-order valence-corrected chi connectivity index (χ4v) is 3.76. The fraction of sp³-hybridized carbons (Fsp3) is 0.320. The molecule has 2 aromatic heterocycles. The average molecular weight is 485 g/mol. The second-order valence-electron chi connectivity index (χ2n) is 8.43. The number of halogens is 3. The molecule has 0 aliphatic rings. The zero-order valence-electron chi connectivity index (χ0n) is 19.8. The van der Waals surface area contributed by atoms with E-state index in [1.807, 2.05) is 36.3 Å². The smallest absolute Gasteiger partial charge is 0.257 e. The van der Waals surface area contributed by atoms with Gasteiger partial charge in [-0.2, -0.15) is 5.10 Å². The molecule has 0 saturated carbocycles. The van der Waals surface area contributed by atoms with E-state index in [0.717, 1.165) is 18.2 Å². The maximum absolute atomic E-state index is 14.3. The van der Waals surface area contributed by atoms with Gasteiger partial charge in [-0.05, 0) is 37.2 Å². The molecule has 0 atom stereocenters. The molecule has 10 heteroatoms. The number of nitrogens with one attached hydrogen (secondary N) is 1. The maximum atomic E-state index is 14.3. The van der Waals surface area contributed by atoms with E-state index in [0.29, 0.717) is 47.7 Å². The number of hydrogen-bond acceptors (Lipinski definition) is 6. The topological polar surface area (TPSA) is 68.1 Å². The third kappa shape index (κ3) is 6.27. The molecule has 0 amide bonds. The molecule has 4 aromatic rings. The number of aryl methyl sites for hydroxylation is 1. The summed E-state index contributed by atoms with van der Waals surface area (Å²) >= 11 is 0. The zero-order chi connectivity index (χ0) is 25.0. The Bertz CT molecular complexity index is 1300. The SMILES string of the molecule is COc1cc(F)cc(N(CCCNCC(C)(F)F)c2ccc3ncc(-c4cnn(C)c4)nc3c2)c1. The van der Waals surface area contributed by atoms with Gasteiger partial charge >= 0.3 is 0 Å². The van der Waals surface area contributed by atoms with Gasteiger partial charge in [0, 0.05) is 55.8 Å². The van der Waals surface area contributed by atoms with Gasteiger partial charge in [-0.15, -0.1) is 0 Å². The molecule has 4 rings (SSSR count). The first-order chi connectivity index (χ1) is 16.7. The summed E-state index contributed by atoms with van der Waals surface area (Å²) in [6, 6.07) is 10.1. The van der Waals surface area contributed by atoms with E-state index in [1.54, 1.807) is 23.1 Å². The molecule has 0 radical (unpaired) electrons. The van der Waals surface area contributed by atoms with Crippen LogP contribution in [0.1, 0.15) is 13.3 Å². The quantitative estimate of drug-likeness (QED) is 0.321. The molecule has 0 bridgehead atoms. The second-order valence-corrected chi connectivity index (χ2v) is 8.43. The van der Waals surface area contributed by atoms with Crippen molar-refractivity contribution in [3.63, 3.8) is 0 Å². The molecule has 0 fully saturated rings. The first kappa shape index (κ1) is 24.5. The minimum Gasteiger partial charge on any atom is -0.497 e. The van der Waals surface area contributed by atoms with E-state index in [9.17, 15) is 13.2 Å². The highest BCUT2D eigenvalue weighted by molar-refractivity contribution is 5.82. The van der Waals surface area contributed by atoms with Gasteiger partial charge in [0.25, 0.3) is 5.92 Å². The molecular formula is C25H27F3N6O. The summed E-state index contributed by atoms with van der Waals surface area (Å²) in [7, 11) is 3.31. The molecule has 1 N–H and O–H groups in total. The molecule has 0 saturated heterocycles. The van der Waals surface area contributed by atoms with E-state index in [1.165, 1.54) is 19.2 Å². The van der Waals surface area contributed by atoms with Gasteiger partial charge in [0.15, 0.2) is 0 Å². The number of aromatic nitrogens is 4. The van der Waals surface area contributed by atoms with Gasteiger partial charge < -0.3 is 15.0 Å². The van der Waals surface area contributed by atoms with E-state index < -0.39 is 18.3 Å². The number of anilines is 2. The van der Waals surface area contributed by atoms with Crippen molar-refractivity contribution in [3.05, 3.63) is 60.8 Å². The highest BCUT2D eigenvalue weighted by atomic mass is 19.3. The Balaban J connectivity index is 1.65. The Hall–Kier alpha value is -3.66. The first-order valence-corrected chi connectivity index (χ1v) is 11.2. The predicted molar refractivity (Wildman–Crippen MR) is 130 cm³/mol. The molecule has 7 nitrogen and oxygen atoms in total. The lowest BCUT2D eigenvalue weighted by molar-refractivity contribution is 0.0229. The highest BCUT2D eigenvalue weighted by Crippen LogP contribution is 2.32. The molecule has 0 aliphatic heterocycles. The Labute approximate surface area is 201 Å². The van der Waals surface area contributed by atoms with Crippen LogP contribution in [0.15, 0.2) is 55.0 Å². The lowest BCUT2D eigenvalue weighted by atomic mass is 10.2. The Morgan fingerprint density at radius 2 is 1.91 bits per heavy atom. The van der Waals surface area contributed by atoms with Crippen molar-refractivity contribution in [2.75, 3.05) is 31.6 Å². The van der Waals surface area contributed by atoms with Crippen LogP contribution in [0.2, 0.25) is 0 Å². The maximum Gasteiger partial charge on any atom is 0.257 e. The number of alkyl halides is 2.